The first kappa shape index (κ1) is 16.1. The van der Waals surface area contributed by atoms with Crippen LogP contribution in [0.5, 0.6) is 0 Å². The smallest absolute Gasteiger partial charge is 0.320 e. The molecule has 120 valence electrons. The number of urea groups is 1. The topological polar surface area (TPSA) is 60.9 Å². The highest BCUT2D eigenvalue weighted by molar-refractivity contribution is 5.78. The molecule has 0 radical (unpaired) electrons. The number of nitrogens with zero attached hydrogens (tertiary/aromatic N) is 2. The molecule has 2 fully saturated rings. The lowest BCUT2D eigenvalue weighted by Crippen LogP contribution is -2.46. The van der Waals surface area contributed by atoms with Gasteiger partial charge in [0.1, 0.15) is 0 Å². The minimum atomic E-state index is -0.784. The van der Waals surface area contributed by atoms with E-state index in [0.29, 0.717) is 24.8 Å². The van der Waals surface area contributed by atoms with E-state index >= 15 is 0 Å². The van der Waals surface area contributed by atoms with Gasteiger partial charge in [0.25, 0.3) is 0 Å². The highest BCUT2D eigenvalue weighted by Gasteiger charge is 2.39. The van der Waals surface area contributed by atoms with Crippen LogP contribution in [0.25, 0.3) is 0 Å². The summed E-state index contributed by atoms with van der Waals surface area (Å²) in [7, 11) is 0. The molecule has 0 aliphatic carbocycles. The summed E-state index contributed by atoms with van der Waals surface area (Å²) in [5.41, 5.74) is 0. The first-order chi connectivity index (χ1) is 9.91. The Morgan fingerprint density at radius 3 is 2.38 bits per heavy atom. The summed E-state index contributed by atoms with van der Waals surface area (Å²) >= 11 is 0. The molecule has 0 spiro atoms. The summed E-state index contributed by atoms with van der Waals surface area (Å²) in [5.74, 6) is 0.172. The van der Waals surface area contributed by atoms with Crippen molar-refractivity contribution in [1.82, 2.24) is 9.80 Å². The van der Waals surface area contributed by atoms with Crippen molar-refractivity contribution in [3.8, 4) is 0 Å². The molecule has 3 atom stereocenters. The fourth-order valence-corrected chi connectivity index (χ4v) is 3.70. The summed E-state index contributed by atoms with van der Waals surface area (Å²) in [5, 5.41) is 9.18. The number of rotatable bonds is 2. The van der Waals surface area contributed by atoms with E-state index in [-0.39, 0.29) is 12.1 Å². The third-order valence-corrected chi connectivity index (χ3v) is 5.30. The molecule has 2 heterocycles. The molecule has 21 heavy (non-hydrogen) atoms. The molecule has 0 bridgehead atoms. The lowest BCUT2D eigenvalue weighted by atomic mass is 9.89. The van der Waals surface area contributed by atoms with Gasteiger partial charge in [-0.3, -0.25) is 4.79 Å². The van der Waals surface area contributed by atoms with Gasteiger partial charge in [-0.1, -0.05) is 13.8 Å². The van der Waals surface area contributed by atoms with Crippen molar-refractivity contribution >= 4 is 12.0 Å². The number of carbonyl (C=O) groups is 2. The van der Waals surface area contributed by atoms with E-state index in [9.17, 15) is 14.7 Å². The quantitative estimate of drug-likeness (QED) is 0.852. The van der Waals surface area contributed by atoms with Gasteiger partial charge in [0.2, 0.25) is 0 Å². The van der Waals surface area contributed by atoms with E-state index in [1.165, 1.54) is 6.42 Å². The van der Waals surface area contributed by atoms with Gasteiger partial charge in [-0.05, 0) is 44.4 Å². The molecule has 0 saturated carbocycles. The molecule has 2 aliphatic rings. The monoisotopic (exact) mass is 296 g/mol. The molecule has 2 rings (SSSR count). The Hall–Kier alpha value is -1.26. The highest BCUT2D eigenvalue weighted by Crippen LogP contribution is 2.28. The SMILES string of the molecule is CC(C)C1CCCN(C(=O)N2CCC(C(=O)O)C2C)CC1. The first-order valence-corrected chi connectivity index (χ1v) is 8.20. The maximum atomic E-state index is 12.7. The van der Waals surface area contributed by atoms with Crippen LogP contribution < -0.4 is 0 Å². The number of aliphatic carboxylic acids is 1. The summed E-state index contributed by atoms with van der Waals surface area (Å²) < 4.78 is 0. The molecule has 0 aromatic rings. The molecule has 5 heteroatoms. The van der Waals surface area contributed by atoms with Gasteiger partial charge in [0, 0.05) is 25.7 Å². The molecule has 1 N–H and O–H groups in total. The van der Waals surface area contributed by atoms with Gasteiger partial charge in [-0.15, -0.1) is 0 Å². The third-order valence-electron chi connectivity index (χ3n) is 5.30. The van der Waals surface area contributed by atoms with E-state index in [4.69, 9.17) is 0 Å². The number of carbonyl (C=O) groups excluding carboxylic acids is 1. The number of hydrogen-bond donors (Lipinski definition) is 1. The number of amides is 2. The lowest BCUT2D eigenvalue weighted by Gasteiger charge is -2.30. The Labute approximate surface area is 127 Å². The minimum absolute atomic E-state index is 0.0376. The Bertz CT molecular complexity index is 397. The van der Waals surface area contributed by atoms with E-state index in [1.807, 2.05) is 11.8 Å². The zero-order valence-corrected chi connectivity index (χ0v) is 13.4. The predicted octanol–water partition coefficient (Wildman–Crippen LogP) is 2.66. The number of carboxylic acid groups (broad SMARTS) is 1. The Morgan fingerprint density at radius 1 is 1.10 bits per heavy atom. The summed E-state index contributed by atoms with van der Waals surface area (Å²) in [4.78, 5) is 27.5. The van der Waals surface area contributed by atoms with Crippen LogP contribution in [-0.2, 0) is 4.79 Å². The van der Waals surface area contributed by atoms with Crippen molar-refractivity contribution in [3.63, 3.8) is 0 Å². The van der Waals surface area contributed by atoms with Crippen LogP contribution in [0, 0.1) is 17.8 Å². The molecular weight excluding hydrogens is 268 g/mol. The van der Waals surface area contributed by atoms with E-state index in [1.54, 1.807) is 4.90 Å². The molecule has 5 nitrogen and oxygen atoms in total. The van der Waals surface area contributed by atoms with Gasteiger partial charge >= 0.3 is 12.0 Å². The van der Waals surface area contributed by atoms with Gasteiger partial charge in [-0.2, -0.15) is 0 Å². The summed E-state index contributed by atoms with van der Waals surface area (Å²) in [6, 6.07) is -0.158. The molecule has 2 saturated heterocycles. The van der Waals surface area contributed by atoms with Crippen molar-refractivity contribution in [2.45, 2.75) is 52.5 Å². The molecule has 0 aromatic carbocycles. The predicted molar refractivity (Wildman–Crippen MR) is 81.1 cm³/mol. The average molecular weight is 296 g/mol. The maximum absolute atomic E-state index is 12.7. The Morgan fingerprint density at radius 2 is 1.81 bits per heavy atom. The highest BCUT2D eigenvalue weighted by atomic mass is 16.4. The van der Waals surface area contributed by atoms with Gasteiger partial charge in [0.05, 0.1) is 5.92 Å². The van der Waals surface area contributed by atoms with Crippen molar-refractivity contribution in [1.29, 1.82) is 0 Å². The zero-order valence-electron chi connectivity index (χ0n) is 13.4. The number of likely N-dealkylation sites (tertiary alicyclic amines) is 2. The Balaban J connectivity index is 1.96. The van der Waals surface area contributed by atoms with Crippen molar-refractivity contribution in [2.24, 2.45) is 17.8 Å². The van der Waals surface area contributed by atoms with Crippen LogP contribution in [0.15, 0.2) is 0 Å². The summed E-state index contributed by atoms with van der Waals surface area (Å²) in [6.07, 6.45) is 3.88. The second-order valence-corrected chi connectivity index (χ2v) is 6.87. The van der Waals surface area contributed by atoms with Crippen LogP contribution in [0.1, 0.15) is 46.5 Å². The second-order valence-electron chi connectivity index (χ2n) is 6.87. The molecule has 3 unspecified atom stereocenters. The molecular formula is C16H28N2O3. The lowest BCUT2D eigenvalue weighted by molar-refractivity contribution is -0.142. The van der Waals surface area contributed by atoms with Crippen molar-refractivity contribution in [3.05, 3.63) is 0 Å². The first-order valence-electron chi connectivity index (χ1n) is 8.20. The van der Waals surface area contributed by atoms with Crippen LogP contribution in [-0.4, -0.2) is 52.6 Å². The van der Waals surface area contributed by atoms with Crippen molar-refractivity contribution < 1.29 is 14.7 Å². The van der Waals surface area contributed by atoms with Crippen LogP contribution in [0.3, 0.4) is 0 Å². The fraction of sp³-hybridized carbons (Fsp3) is 0.875. The third kappa shape index (κ3) is 3.50. The standard InChI is InChI=1S/C16H28N2O3/c1-11(2)13-5-4-8-17(9-6-13)16(21)18-10-7-14(12(18)3)15(19)20/h11-14H,4-10H2,1-3H3,(H,19,20). The van der Waals surface area contributed by atoms with E-state index < -0.39 is 11.9 Å². The zero-order chi connectivity index (χ0) is 15.6. The van der Waals surface area contributed by atoms with Crippen molar-refractivity contribution in [2.75, 3.05) is 19.6 Å². The maximum Gasteiger partial charge on any atom is 0.320 e. The van der Waals surface area contributed by atoms with Crippen LogP contribution in [0.2, 0.25) is 0 Å². The molecule has 2 aliphatic heterocycles. The van der Waals surface area contributed by atoms with Crippen LogP contribution in [0.4, 0.5) is 4.79 Å². The summed E-state index contributed by atoms with van der Waals surface area (Å²) in [6.45, 7) is 8.55. The largest absolute Gasteiger partial charge is 0.481 e. The second kappa shape index (κ2) is 6.67. The Kier molecular flexibility index (Phi) is 5.12. The fourth-order valence-electron chi connectivity index (χ4n) is 3.70. The minimum Gasteiger partial charge on any atom is -0.481 e. The van der Waals surface area contributed by atoms with E-state index in [0.717, 1.165) is 25.9 Å². The number of hydrogen-bond acceptors (Lipinski definition) is 2. The van der Waals surface area contributed by atoms with Gasteiger partial charge < -0.3 is 14.9 Å². The number of carboxylic acids is 1. The van der Waals surface area contributed by atoms with Gasteiger partial charge in [0.15, 0.2) is 0 Å². The van der Waals surface area contributed by atoms with Gasteiger partial charge in [-0.25, -0.2) is 4.79 Å². The molecule has 2 amide bonds. The molecule has 0 aromatic heterocycles. The van der Waals surface area contributed by atoms with E-state index in [2.05, 4.69) is 13.8 Å². The normalized spacial score (nSPS) is 30.6. The average Bonchev–Trinajstić information content (AvgIpc) is 2.66. The van der Waals surface area contributed by atoms with Crippen LogP contribution >= 0.6 is 0 Å².